The molecular weight excluding hydrogens is 389 g/mol. The lowest BCUT2D eigenvalue weighted by Crippen LogP contribution is -2.33. The Morgan fingerprint density at radius 2 is 2.04 bits per heavy atom. The van der Waals surface area contributed by atoms with Crippen molar-refractivity contribution in [2.45, 2.75) is 18.6 Å². The Kier molecular flexibility index (Phi) is 6.13. The molecule has 0 bridgehead atoms. The van der Waals surface area contributed by atoms with E-state index < -0.39 is 5.25 Å². The molecule has 3 rings (SSSR count). The maximum Gasteiger partial charge on any atom is 0.242 e. The predicted molar refractivity (Wildman–Crippen MR) is 107 cm³/mol. The lowest BCUT2D eigenvalue weighted by Gasteiger charge is -2.13. The van der Waals surface area contributed by atoms with Crippen LogP contribution < -0.4 is 5.32 Å². The van der Waals surface area contributed by atoms with Gasteiger partial charge in [0.05, 0.1) is 5.69 Å². The molecule has 1 atom stereocenters. The van der Waals surface area contributed by atoms with Crippen LogP contribution in [0.2, 0.25) is 5.02 Å². The summed E-state index contributed by atoms with van der Waals surface area (Å²) >= 11 is 7.15. The third-order valence-electron chi connectivity index (χ3n) is 3.87. The molecule has 0 saturated carbocycles. The maximum atomic E-state index is 13.0. The molecule has 0 radical (unpaired) electrons. The van der Waals surface area contributed by atoms with Crippen LogP contribution in [0.25, 0.3) is 0 Å². The van der Waals surface area contributed by atoms with Crippen LogP contribution in [0.3, 0.4) is 0 Å². The van der Waals surface area contributed by atoms with Gasteiger partial charge in [0.2, 0.25) is 11.8 Å². The van der Waals surface area contributed by atoms with Gasteiger partial charge in [-0.3, -0.25) is 14.5 Å². The molecule has 1 saturated heterocycles. The van der Waals surface area contributed by atoms with Crippen molar-refractivity contribution < 1.29 is 14.0 Å². The average molecular weight is 406 g/mol. The highest BCUT2D eigenvalue weighted by molar-refractivity contribution is 8.15. The van der Waals surface area contributed by atoms with E-state index in [0.29, 0.717) is 28.1 Å². The van der Waals surface area contributed by atoms with Gasteiger partial charge in [-0.25, -0.2) is 9.38 Å². The topological polar surface area (TPSA) is 61.8 Å². The molecule has 1 heterocycles. The number of hydrogen-bond acceptors (Lipinski definition) is 4. The van der Waals surface area contributed by atoms with Crippen molar-refractivity contribution in [3.63, 3.8) is 0 Å². The van der Waals surface area contributed by atoms with Crippen LogP contribution in [0.1, 0.15) is 13.3 Å². The van der Waals surface area contributed by atoms with E-state index in [9.17, 15) is 14.0 Å². The van der Waals surface area contributed by atoms with E-state index in [1.54, 1.807) is 36.4 Å². The summed E-state index contributed by atoms with van der Waals surface area (Å²) < 4.78 is 13.0. The molecule has 0 aliphatic carbocycles. The number of benzene rings is 2. The summed E-state index contributed by atoms with van der Waals surface area (Å²) in [4.78, 5) is 30.9. The number of amidine groups is 1. The van der Waals surface area contributed by atoms with Crippen LogP contribution in [0.5, 0.6) is 0 Å². The van der Waals surface area contributed by atoms with Crippen molar-refractivity contribution in [2.75, 3.05) is 11.9 Å². The molecule has 1 N–H and O–H groups in total. The summed E-state index contributed by atoms with van der Waals surface area (Å²) in [6.07, 6.45) is 0.0228. The van der Waals surface area contributed by atoms with Crippen LogP contribution >= 0.6 is 23.4 Å². The zero-order valence-electron chi connectivity index (χ0n) is 14.5. The molecule has 1 fully saturated rings. The molecule has 1 aliphatic rings. The highest BCUT2D eigenvalue weighted by Crippen LogP contribution is 2.31. The van der Waals surface area contributed by atoms with Crippen LogP contribution in [0.15, 0.2) is 53.5 Å². The van der Waals surface area contributed by atoms with Gasteiger partial charge in [0.1, 0.15) is 11.1 Å². The average Bonchev–Trinajstić information content (AvgIpc) is 2.91. The Morgan fingerprint density at radius 3 is 2.70 bits per heavy atom. The second-order valence-corrected chi connectivity index (χ2v) is 7.43. The second kappa shape index (κ2) is 8.54. The number of nitrogens with one attached hydrogen (secondary N) is 1. The Hall–Kier alpha value is -2.38. The molecule has 2 aromatic rings. The van der Waals surface area contributed by atoms with Gasteiger partial charge in [-0.2, -0.15) is 0 Å². The number of aliphatic imine (C=N–C) groups is 1. The Morgan fingerprint density at radius 1 is 1.30 bits per heavy atom. The van der Waals surface area contributed by atoms with Crippen molar-refractivity contribution in [3.05, 3.63) is 59.4 Å². The Bertz CT molecular complexity index is 889. The number of anilines is 1. The first-order chi connectivity index (χ1) is 13.0. The summed E-state index contributed by atoms with van der Waals surface area (Å²) in [5.74, 6) is -0.788. The largest absolute Gasteiger partial charge is 0.326 e. The van der Waals surface area contributed by atoms with Gasteiger partial charge >= 0.3 is 0 Å². The summed E-state index contributed by atoms with van der Waals surface area (Å²) in [7, 11) is 0. The zero-order chi connectivity index (χ0) is 19.4. The molecule has 0 spiro atoms. The Balaban J connectivity index is 1.70. The normalized spacial score (nSPS) is 18.2. The number of rotatable bonds is 5. The van der Waals surface area contributed by atoms with Gasteiger partial charge in [0.15, 0.2) is 5.17 Å². The minimum absolute atomic E-state index is 0.0228. The first kappa shape index (κ1) is 19.4. The number of hydrogen-bond donors (Lipinski definition) is 1. The van der Waals surface area contributed by atoms with Gasteiger partial charge < -0.3 is 5.32 Å². The monoisotopic (exact) mass is 405 g/mol. The number of carbonyl (C=O) groups excluding carboxylic acids is 2. The fraction of sp³-hybridized carbons (Fsp3) is 0.211. The fourth-order valence-corrected chi connectivity index (χ4v) is 4.00. The number of nitrogens with zero attached hydrogens (tertiary/aromatic N) is 2. The second-order valence-electron chi connectivity index (χ2n) is 5.82. The van der Waals surface area contributed by atoms with Crippen LogP contribution in [-0.4, -0.2) is 33.7 Å². The summed E-state index contributed by atoms with van der Waals surface area (Å²) in [5.41, 5.74) is 1.13. The van der Waals surface area contributed by atoms with E-state index in [1.807, 2.05) is 6.92 Å². The van der Waals surface area contributed by atoms with Crippen molar-refractivity contribution in [2.24, 2.45) is 4.99 Å². The number of amides is 2. The molecule has 8 heteroatoms. The lowest BCUT2D eigenvalue weighted by atomic mass is 10.2. The first-order valence-corrected chi connectivity index (χ1v) is 9.59. The van der Waals surface area contributed by atoms with E-state index in [-0.39, 0.29) is 24.1 Å². The van der Waals surface area contributed by atoms with E-state index in [0.717, 1.165) is 0 Å². The SMILES string of the molecule is CCN1C(=O)C(CC(=O)Nc2cccc(Cl)c2)SC1=Nc1ccc(F)cc1. The van der Waals surface area contributed by atoms with E-state index in [1.165, 1.54) is 28.8 Å². The van der Waals surface area contributed by atoms with Crippen molar-refractivity contribution >= 4 is 51.7 Å². The van der Waals surface area contributed by atoms with Gasteiger partial charge in [0, 0.05) is 23.7 Å². The highest BCUT2D eigenvalue weighted by atomic mass is 35.5. The number of carbonyl (C=O) groups is 2. The number of halogens is 2. The van der Waals surface area contributed by atoms with Gasteiger partial charge in [-0.1, -0.05) is 29.4 Å². The lowest BCUT2D eigenvalue weighted by molar-refractivity contribution is -0.128. The maximum absolute atomic E-state index is 13.0. The quantitative estimate of drug-likeness (QED) is 0.798. The van der Waals surface area contributed by atoms with Crippen LogP contribution in [-0.2, 0) is 9.59 Å². The minimum Gasteiger partial charge on any atom is -0.326 e. The van der Waals surface area contributed by atoms with Crippen molar-refractivity contribution in [1.82, 2.24) is 4.90 Å². The third-order valence-corrected chi connectivity index (χ3v) is 5.28. The molecule has 1 aliphatic heterocycles. The van der Waals surface area contributed by atoms with Crippen molar-refractivity contribution in [3.8, 4) is 0 Å². The standard InChI is InChI=1S/C19H17ClFN3O2S/c1-2-24-18(26)16(11-17(25)22-15-5-3-4-12(20)10-15)27-19(24)23-14-8-6-13(21)7-9-14/h3-10,16H,2,11H2,1H3,(H,22,25). The van der Waals surface area contributed by atoms with E-state index in [2.05, 4.69) is 10.3 Å². The molecule has 27 heavy (non-hydrogen) atoms. The zero-order valence-corrected chi connectivity index (χ0v) is 16.1. The molecule has 140 valence electrons. The highest BCUT2D eigenvalue weighted by Gasteiger charge is 2.38. The van der Waals surface area contributed by atoms with E-state index in [4.69, 9.17) is 11.6 Å². The van der Waals surface area contributed by atoms with Crippen LogP contribution in [0.4, 0.5) is 15.8 Å². The van der Waals surface area contributed by atoms with Gasteiger partial charge in [-0.05, 0) is 49.4 Å². The first-order valence-electron chi connectivity index (χ1n) is 8.34. The molecular formula is C19H17ClFN3O2S. The Labute approximate surface area is 165 Å². The molecule has 2 amide bonds. The summed E-state index contributed by atoms with van der Waals surface area (Å²) in [5, 5.41) is 3.22. The molecule has 5 nitrogen and oxygen atoms in total. The summed E-state index contributed by atoms with van der Waals surface area (Å²) in [6, 6.07) is 12.5. The fourth-order valence-electron chi connectivity index (χ4n) is 2.59. The third kappa shape index (κ3) is 4.87. The van der Waals surface area contributed by atoms with E-state index >= 15 is 0 Å². The van der Waals surface area contributed by atoms with Gasteiger partial charge in [-0.15, -0.1) is 0 Å². The molecule has 1 unspecified atom stereocenters. The molecule has 0 aromatic heterocycles. The summed E-state index contributed by atoms with van der Waals surface area (Å²) in [6.45, 7) is 2.28. The smallest absolute Gasteiger partial charge is 0.242 e. The predicted octanol–water partition coefficient (Wildman–Crippen LogP) is 4.46. The minimum atomic E-state index is -0.552. The van der Waals surface area contributed by atoms with Gasteiger partial charge in [0.25, 0.3) is 0 Å². The number of thioether (sulfide) groups is 1. The van der Waals surface area contributed by atoms with Crippen LogP contribution in [0, 0.1) is 5.82 Å². The molecule has 2 aromatic carbocycles. The van der Waals surface area contributed by atoms with Crippen molar-refractivity contribution in [1.29, 1.82) is 0 Å².